The van der Waals surface area contributed by atoms with Crippen molar-refractivity contribution in [2.45, 2.75) is 39.7 Å². The van der Waals surface area contributed by atoms with Gasteiger partial charge in [0, 0.05) is 12.8 Å². The molecule has 2 N–H and O–H groups in total. The van der Waals surface area contributed by atoms with Crippen molar-refractivity contribution < 1.29 is 4.79 Å². The quantitative estimate of drug-likeness (QED) is 0.827. The highest BCUT2D eigenvalue weighted by Gasteiger charge is 2.40. The van der Waals surface area contributed by atoms with Crippen LogP contribution in [0.15, 0.2) is 24.3 Å². The summed E-state index contributed by atoms with van der Waals surface area (Å²) >= 11 is 0. The van der Waals surface area contributed by atoms with Crippen molar-refractivity contribution in [2.24, 2.45) is 5.41 Å². The number of likely N-dealkylation sites (N-methyl/N-ethyl adjacent to an activating group) is 1. The molecule has 0 aliphatic carbocycles. The first-order chi connectivity index (χ1) is 9.33. The van der Waals surface area contributed by atoms with Gasteiger partial charge in [-0.1, -0.05) is 26.0 Å². The van der Waals surface area contributed by atoms with Crippen LogP contribution in [0.5, 0.6) is 0 Å². The first kappa shape index (κ1) is 14.6. The Kier molecular flexibility index (Phi) is 3.84. The van der Waals surface area contributed by atoms with Crippen molar-refractivity contribution in [1.82, 2.24) is 0 Å². The lowest BCUT2D eigenvalue weighted by molar-refractivity contribution is -0.121. The van der Waals surface area contributed by atoms with Crippen molar-refractivity contribution in [3.05, 3.63) is 24.3 Å². The first-order valence-corrected chi connectivity index (χ1v) is 7.00. The zero-order valence-corrected chi connectivity index (χ0v) is 12.7. The van der Waals surface area contributed by atoms with E-state index in [1.807, 2.05) is 38.2 Å². The van der Waals surface area contributed by atoms with E-state index in [4.69, 9.17) is 5.41 Å². The van der Waals surface area contributed by atoms with Crippen LogP contribution < -0.4 is 10.2 Å². The van der Waals surface area contributed by atoms with Crippen molar-refractivity contribution in [3.8, 4) is 0 Å². The van der Waals surface area contributed by atoms with Gasteiger partial charge in [0.15, 0.2) is 0 Å². The Morgan fingerprint density at radius 3 is 2.70 bits per heavy atom. The number of benzene rings is 1. The molecule has 1 atom stereocenters. The monoisotopic (exact) mass is 273 g/mol. The molecule has 0 spiro atoms. The zero-order chi connectivity index (χ0) is 14.9. The SMILES string of the molecule is CC(=N)CCC(C)(C)C1Nc2ccccc2N(C)C1=O. The Morgan fingerprint density at radius 2 is 2.05 bits per heavy atom. The van der Waals surface area contributed by atoms with Crippen LogP contribution in [0.4, 0.5) is 11.4 Å². The van der Waals surface area contributed by atoms with E-state index in [1.165, 1.54) is 0 Å². The molecule has 1 aliphatic heterocycles. The average Bonchev–Trinajstić information content (AvgIpc) is 2.40. The number of fused-ring (bicyclic) bond motifs is 1. The van der Waals surface area contributed by atoms with E-state index >= 15 is 0 Å². The van der Waals surface area contributed by atoms with Gasteiger partial charge >= 0.3 is 0 Å². The van der Waals surface area contributed by atoms with Gasteiger partial charge in [-0.2, -0.15) is 0 Å². The fourth-order valence-corrected chi connectivity index (χ4v) is 2.60. The molecule has 1 aliphatic rings. The molecule has 0 saturated carbocycles. The molecule has 1 aromatic rings. The van der Waals surface area contributed by atoms with Crippen molar-refractivity contribution >= 4 is 23.0 Å². The van der Waals surface area contributed by atoms with Gasteiger partial charge in [0.05, 0.1) is 11.4 Å². The second-order valence-electron chi connectivity index (χ2n) is 6.26. The number of hydrogen-bond donors (Lipinski definition) is 2. The Morgan fingerprint density at radius 1 is 1.40 bits per heavy atom. The van der Waals surface area contributed by atoms with Crippen molar-refractivity contribution in [2.75, 3.05) is 17.3 Å². The second kappa shape index (κ2) is 5.27. The second-order valence-corrected chi connectivity index (χ2v) is 6.26. The Balaban J connectivity index is 2.26. The summed E-state index contributed by atoms with van der Waals surface area (Å²) in [6, 6.07) is 7.62. The molecular weight excluding hydrogens is 250 g/mol. The van der Waals surface area contributed by atoms with Crippen LogP contribution in [0.2, 0.25) is 0 Å². The van der Waals surface area contributed by atoms with Gasteiger partial charge in [0.25, 0.3) is 0 Å². The van der Waals surface area contributed by atoms with Crippen LogP contribution in [0.3, 0.4) is 0 Å². The molecule has 4 nitrogen and oxygen atoms in total. The fraction of sp³-hybridized carbons (Fsp3) is 0.500. The molecule has 0 fully saturated rings. The summed E-state index contributed by atoms with van der Waals surface area (Å²) in [6.45, 7) is 5.99. The molecule has 0 radical (unpaired) electrons. The molecule has 1 amide bonds. The maximum Gasteiger partial charge on any atom is 0.249 e. The van der Waals surface area contributed by atoms with Crippen molar-refractivity contribution in [1.29, 1.82) is 5.41 Å². The van der Waals surface area contributed by atoms with Gasteiger partial charge in [-0.3, -0.25) is 4.79 Å². The van der Waals surface area contributed by atoms with Gasteiger partial charge in [-0.05, 0) is 37.3 Å². The van der Waals surface area contributed by atoms with Gasteiger partial charge < -0.3 is 15.6 Å². The van der Waals surface area contributed by atoms with Gasteiger partial charge in [-0.15, -0.1) is 0 Å². The number of rotatable bonds is 4. The number of carbonyl (C=O) groups is 1. The Bertz CT molecular complexity index is 536. The molecule has 2 rings (SSSR count). The normalized spacial score (nSPS) is 18.5. The number of nitrogens with zero attached hydrogens (tertiary/aromatic N) is 1. The maximum absolute atomic E-state index is 12.6. The highest BCUT2D eigenvalue weighted by Crippen LogP contribution is 2.37. The smallest absolute Gasteiger partial charge is 0.249 e. The summed E-state index contributed by atoms with van der Waals surface area (Å²) < 4.78 is 0. The number of hydrogen-bond acceptors (Lipinski definition) is 3. The molecule has 108 valence electrons. The van der Waals surface area contributed by atoms with E-state index in [2.05, 4.69) is 19.2 Å². The highest BCUT2D eigenvalue weighted by atomic mass is 16.2. The van der Waals surface area contributed by atoms with E-state index in [1.54, 1.807) is 4.90 Å². The molecular formula is C16H23N3O. The Hall–Kier alpha value is -1.84. The topological polar surface area (TPSA) is 56.2 Å². The summed E-state index contributed by atoms with van der Waals surface area (Å²) in [4.78, 5) is 14.3. The lowest BCUT2D eigenvalue weighted by Gasteiger charge is -2.41. The van der Waals surface area contributed by atoms with Crippen LogP contribution in [-0.2, 0) is 4.79 Å². The van der Waals surface area contributed by atoms with E-state index in [-0.39, 0.29) is 17.4 Å². The lowest BCUT2D eigenvalue weighted by atomic mass is 9.78. The van der Waals surface area contributed by atoms with Crippen LogP contribution >= 0.6 is 0 Å². The largest absolute Gasteiger partial charge is 0.372 e. The third-order valence-electron chi connectivity index (χ3n) is 4.07. The van der Waals surface area contributed by atoms with Gasteiger partial charge in [0.1, 0.15) is 6.04 Å². The molecule has 0 saturated heterocycles. The Labute approximate surface area is 120 Å². The third-order valence-corrected chi connectivity index (χ3v) is 4.07. The molecule has 1 aromatic carbocycles. The van der Waals surface area contributed by atoms with Gasteiger partial charge in [-0.25, -0.2) is 0 Å². The number of anilines is 2. The van der Waals surface area contributed by atoms with E-state index in [0.29, 0.717) is 5.71 Å². The van der Waals surface area contributed by atoms with Crippen LogP contribution in [0.25, 0.3) is 0 Å². The van der Waals surface area contributed by atoms with Gasteiger partial charge in [0.2, 0.25) is 5.91 Å². The van der Waals surface area contributed by atoms with Crippen LogP contribution in [0, 0.1) is 10.8 Å². The predicted molar refractivity (Wildman–Crippen MR) is 83.7 cm³/mol. The standard InChI is InChI=1S/C16H23N3O/c1-11(17)9-10-16(2,3)14-15(20)19(4)13-8-6-5-7-12(13)18-14/h5-8,14,17-18H,9-10H2,1-4H3. The van der Waals surface area contributed by atoms with E-state index in [9.17, 15) is 4.79 Å². The van der Waals surface area contributed by atoms with E-state index < -0.39 is 0 Å². The summed E-state index contributed by atoms with van der Waals surface area (Å²) in [5.74, 6) is 0.0938. The number of carbonyl (C=O) groups excluding carboxylic acids is 1. The van der Waals surface area contributed by atoms with E-state index in [0.717, 1.165) is 24.2 Å². The fourth-order valence-electron chi connectivity index (χ4n) is 2.60. The summed E-state index contributed by atoms with van der Waals surface area (Å²) in [5, 5.41) is 11.0. The number of para-hydroxylation sites is 2. The number of amides is 1. The summed E-state index contributed by atoms with van der Waals surface area (Å²) in [6.07, 6.45) is 1.55. The lowest BCUT2D eigenvalue weighted by Crippen LogP contribution is -2.52. The highest BCUT2D eigenvalue weighted by molar-refractivity contribution is 6.05. The third kappa shape index (κ3) is 2.69. The molecule has 1 unspecified atom stereocenters. The minimum atomic E-state index is -0.248. The average molecular weight is 273 g/mol. The maximum atomic E-state index is 12.6. The molecule has 4 heteroatoms. The zero-order valence-electron chi connectivity index (χ0n) is 12.7. The van der Waals surface area contributed by atoms with Crippen molar-refractivity contribution in [3.63, 3.8) is 0 Å². The summed E-state index contributed by atoms with van der Waals surface area (Å²) in [7, 11) is 1.83. The minimum absolute atomic E-state index is 0.0938. The predicted octanol–water partition coefficient (Wildman–Crippen LogP) is 3.29. The molecule has 1 heterocycles. The van der Waals surface area contributed by atoms with Crippen LogP contribution in [0.1, 0.15) is 33.6 Å². The summed E-state index contributed by atoms with van der Waals surface area (Å²) in [5.41, 5.74) is 2.39. The molecule has 0 aromatic heterocycles. The number of nitrogens with one attached hydrogen (secondary N) is 2. The molecule has 0 bridgehead atoms. The minimum Gasteiger partial charge on any atom is -0.372 e. The van der Waals surface area contributed by atoms with Crippen LogP contribution in [-0.4, -0.2) is 24.7 Å². The molecule has 20 heavy (non-hydrogen) atoms. The first-order valence-electron chi connectivity index (χ1n) is 7.00.